The van der Waals surface area contributed by atoms with Crippen molar-refractivity contribution in [3.63, 3.8) is 0 Å². The Morgan fingerprint density at radius 2 is 1.88 bits per heavy atom. The number of piperidine rings is 1. The number of hydrogen-bond donors (Lipinski definition) is 1. The first kappa shape index (κ1) is 13.0. The molecule has 1 fully saturated rings. The molecule has 1 heterocycles. The van der Waals surface area contributed by atoms with Crippen molar-refractivity contribution in [2.45, 2.75) is 43.3 Å². The maximum absolute atomic E-state index is 3.46. The van der Waals surface area contributed by atoms with E-state index in [1.54, 1.807) is 0 Å². The van der Waals surface area contributed by atoms with Gasteiger partial charge in [0.2, 0.25) is 0 Å². The lowest BCUT2D eigenvalue weighted by Gasteiger charge is -2.29. The summed E-state index contributed by atoms with van der Waals surface area (Å²) in [7, 11) is 0. The van der Waals surface area contributed by atoms with Gasteiger partial charge in [0.05, 0.1) is 0 Å². The minimum atomic E-state index is 0.791. The van der Waals surface area contributed by atoms with Gasteiger partial charge in [-0.1, -0.05) is 24.6 Å². The van der Waals surface area contributed by atoms with Crippen LogP contribution < -0.4 is 5.32 Å². The van der Waals surface area contributed by atoms with Gasteiger partial charge in [-0.15, -0.1) is 11.8 Å². The smallest absolute Gasteiger partial charge is 0.0121 e. The van der Waals surface area contributed by atoms with E-state index in [0.29, 0.717) is 0 Å². The van der Waals surface area contributed by atoms with Crippen molar-refractivity contribution in [2.75, 3.05) is 13.1 Å². The second kappa shape index (κ2) is 6.46. The van der Waals surface area contributed by atoms with Crippen molar-refractivity contribution in [2.24, 2.45) is 5.92 Å². The minimum Gasteiger partial charge on any atom is -0.317 e. The summed E-state index contributed by atoms with van der Waals surface area (Å²) < 4.78 is 0. The van der Waals surface area contributed by atoms with Gasteiger partial charge in [-0.2, -0.15) is 0 Å². The molecule has 0 amide bonds. The molecule has 2 heteroatoms. The lowest BCUT2D eigenvalue weighted by molar-refractivity contribution is 0.360. The summed E-state index contributed by atoms with van der Waals surface area (Å²) in [5.74, 6) is 0.896. The Bertz CT molecular complexity index is 327. The van der Waals surface area contributed by atoms with Gasteiger partial charge >= 0.3 is 0 Å². The summed E-state index contributed by atoms with van der Waals surface area (Å²) in [6.07, 6.45) is 3.97. The van der Waals surface area contributed by atoms with Gasteiger partial charge in [-0.3, -0.25) is 0 Å². The summed E-state index contributed by atoms with van der Waals surface area (Å²) in [5.41, 5.74) is 1.35. The van der Waals surface area contributed by atoms with E-state index < -0.39 is 0 Å². The number of aryl methyl sites for hydroxylation is 1. The molecule has 0 aromatic heterocycles. The lowest BCUT2D eigenvalue weighted by Crippen LogP contribution is -2.32. The van der Waals surface area contributed by atoms with Crippen molar-refractivity contribution in [3.05, 3.63) is 29.8 Å². The molecule has 1 aromatic rings. The molecule has 94 valence electrons. The fourth-order valence-electron chi connectivity index (χ4n) is 2.52. The maximum Gasteiger partial charge on any atom is 0.0121 e. The fourth-order valence-corrected chi connectivity index (χ4v) is 3.79. The van der Waals surface area contributed by atoms with Gasteiger partial charge in [0.1, 0.15) is 0 Å². The van der Waals surface area contributed by atoms with Crippen LogP contribution in [0.1, 0.15) is 31.7 Å². The number of thioether (sulfide) groups is 1. The second-order valence-electron chi connectivity index (χ2n) is 4.97. The van der Waals surface area contributed by atoms with Crippen LogP contribution in [0.4, 0.5) is 0 Å². The van der Waals surface area contributed by atoms with Crippen LogP contribution in [0.15, 0.2) is 29.2 Å². The third-order valence-electron chi connectivity index (χ3n) is 3.62. The van der Waals surface area contributed by atoms with Crippen LogP contribution in [0.2, 0.25) is 0 Å². The second-order valence-corrected chi connectivity index (χ2v) is 6.28. The number of benzene rings is 1. The minimum absolute atomic E-state index is 0.791. The van der Waals surface area contributed by atoms with Crippen LogP contribution in [0.3, 0.4) is 0 Å². The molecule has 1 aromatic carbocycles. The van der Waals surface area contributed by atoms with Crippen LogP contribution in [0, 0.1) is 12.8 Å². The molecule has 0 saturated carbocycles. The normalized spacial score (nSPS) is 19.2. The van der Waals surface area contributed by atoms with E-state index in [9.17, 15) is 0 Å². The summed E-state index contributed by atoms with van der Waals surface area (Å²) in [5, 5.41) is 4.25. The molecule has 1 nitrogen and oxygen atoms in total. The summed E-state index contributed by atoms with van der Waals surface area (Å²) in [4.78, 5) is 1.43. The predicted molar refractivity (Wildman–Crippen MR) is 76.7 cm³/mol. The first-order chi connectivity index (χ1) is 8.29. The topological polar surface area (TPSA) is 12.0 Å². The van der Waals surface area contributed by atoms with E-state index in [2.05, 4.69) is 55.2 Å². The third kappa shape index (κ3) is 3.75. The standard InChI is InChI=1S/C15H23NS/c1-3-15(13-8-10-16-11-9-13)17-14-6-4-12(2)5-7-14/h4-7,13,15-16H,3,8-11H2,1-2H3. The Hall–Kier alpha value is -0.470. The van der Waals surface area contributed by atoms with Crippen molar-refractivity contribution in [3.8, 4) is 0 Å². The average Bonchev–Trinajstić information content (AvgIpc) is 2.39. The highest BCUT2D eigenvalue weighted by Crippen LogP contribution is 2.34. The number of hydrogen-bond acceptors (Lipinski definition) is 2. The van der Waals surface area contributed by atoms with Crippen molar-refractivity contribution < 1.29 is 0 Å². The molecule has 0 aliphatic carbocycles. The van der Waals surface area contributed by atoms with E-state index in [4.69, 9.17) is 0 Å². The molecule has 0 spiro atoms. The molecule has 1 N–H and O–H groups in total. The lowest BCUT2D eigenvalue weighted by atomic mass is 9.93. The van der Waals surface area contributed by atoms with E-state index in [0.717, 1.165) is 11.2 Å². The first-order valence-corrected chi connectivity index (χ1v) is 7.61. The third-order valence-corrected chi connectivity index (χ3v) is 5.19. The van der Waals surface area contributed by atoms with E-state index in [1.807, 2.05) is 0 Å². The van der Waals surface area contributed by atoms with Crippen molar-refractivity contribution in [1.82, 2.24) is 5.32 Å². The van der Waals surface area contributed by atoms with Gasteiger partial charge < -0.3 is 5.32 Å². The molecule has 1 unspecified atom stereocenters. The van der Waals surface area contributed by atoms with Crippen molar-refractivity contribution in [1.29, 1.82) is 0 Å². The van der Waals surface area contributed by atoms with Crippen LogP contribution in [0.5, 0.6) is 0 Å². The van der Waals surface area contributed by atoms with Gasteiger partial charge in [-0.05, 0) is 57.3 Å². The summed E-state index contributed by atoms with van der Waals surface area (Å²) in [6, 6.07) is 8.97. The monoisotopic (exact) mass is 249 g/mol. The molecular weight excluding hydrogens is 226 g/mol. The van der Waals surface area contributed by atoms with Crippen molar-refractivity contribution >= 4 is 11.8 Å². The van der Waals surface area contributed by atoms with E-state index >= 15 is 0 Å². The molecule has 1 atom stereocenters. The van der Waals surface area contributed by atoms with Crippen LogP contribution in [0.25, 0.3) is 0 Å². The van der Waals surface area contributed by atoms with E-state index in [1.165, 1.54) is 42.8 Å². The summed E-state index contributed by atoms with van der Waals surface area (Å²) in [6.45, 7) is 6.89. The highest BCUT2D eigenvalue weighted by Gasteiger charge is 2.22. The molecule has 17 heavy (non-hydrogen) atoms. The molecule has 0 radical (unpaired) electrons. The zero-order valence-electron chi connectivity index (χ0n) is 10.9. The Morgan fingerprint density at radius 1 is 1.24 bits per heavy atom. The Morgan fingerprint density at radius 3 is 2.47 bits per heavy atom. The fraction of sp³-hybridized carbons (Fsp3) is 0.600. The van der Waals surface area contributed by atoms with Gasteiger partial charge in [-0.25, -0.2) is 0 Å². The molecule has 1 aliphatic heterocycles. The molecule has 0 bridgehead atoms. The SMILES string of the molecule is CCC(Sc1ccc(C)cc1)C1CCNCC1. The molecule has 2 rings (SSSR count). The number of nitrogens with one attached hydrogen (secondary N) is 1. The zero-order valence-corrected chi connectivity index (χ0v) is 11.7. The largest absolute Gasteiger partial charge is 0.317 e. The molecule has 1 aliphatic rings. The van der Waals surface area contributed by atoms with Crippen LogP contribution >= 0.6 is 11.8 Å². The van der Waals surface area contributed by atoms with Crippen LogP contribution in [-0.4, -0.2) is 18.3 Å². The first-order valence-electron chi connectivity index (χ1n) is 6.73. The summed E-state index contributed by atoms with van der Waals surface area (Å²) >= 11 is 2.08. The Labute approximate surface area is 109 Å². The highest BCUT2D eigenvalue weighted by atomic mass is 32.2. The Balaban J connectivity index is 1.96. The van der Waals surface area contributed by atoms with E-state index in [-0.39, 0.29) is 0 Å². The molecular formula is C15H23NS. The van der Waals surface area contributed by atoms with Gasteiger partial charge in [0, 0.05) is 10.1 Å². The maximum atomic E-state index is 3.46. The van der Waals surface area contributed by atoms with Gasteiger partial charge in [0.25, 0.3) is 0 Å². The highest BCUT2D eigenvalue weighted by molar-refractivity contribution is 8.00. The number of rotatable bonds is 4. The quantitative estimate of drug-likeness (QED) is 0.813. The van der Waals surface area contributed by atoms with Crippen LogP contribution in [-0.2, 0) is 0 Å². The zero-order chi connectivity index (χ0) is 12.1. The van der Waals surface area contributed by atoms with Gasteiger partial charge in [0.15, 0.2) is 0 Å². The predicted octanol–water partition coefficient (Wildman–Crippen LogP) is 3.87. The average molecular weight is 249 g/mol. The molecule has 1 saturated heterocycles. The Kier molecular flexibility index (Phi) is 4.93.